The Morgan fingerprint density at radius 1 is 1.16 bits per heavy atom. The number of carbonyl (C=O) groups is 1. The van der Waals surface area contributed by atoms with Crippen molar-refractivity contribution in [1.29, 1.82) is 0 Å². The first-order valence-corrected chi connectivity index (χ1v) is 8.98. The maximum atomic E-state index is 12.4. The smallest absolute Gasteiger partial charge is 0.223 e. The van der Waals surface area contributed by atoms with Crippen LogP contribution in [0.4, 0.5) is 0 Å². The van der Waals surface area contributed by atoms with E-state index in [0.717, 1.165) is 44.8 Å². The summed E-state index contributed by atoms with van der Waals surface area (Å²) in [6.45, 7) is 4.05. The minimum atomic E-state index is 0.148. The summed E-state index contributed by atoms with van der Waals surface area (Å²) < 4.78 is 5.41. The molecule has 5 heteroatoms. The van der Waals surface area contributed by atoms with Crippen LogP contribution in [0.2, 0.25) is 0 Å². The Bertz CT molecular complexity index is 663. The van der Waals surface area contributed by atoms with E-state index in [4.69, 9.17) is 4.42 Å². The zero-order valence-corrected chi connectivity index (χ0v) is 14.8. The molecule has 5 nitrogen and oxygen atoms in total. The summed E-state index contributed by atoms with van der Waals surface area (Å²) in [6.07, 6.45) is 3.56. The first-order chi connectivity index (χ1) is 12.2. The Balaban J connectivity index is 1.55. The van der Waals surface area contributed by atoms with E-state index < -0.39 is 0 Å². The van der Waals surface area contributed by atoms with Crippen LogP contribution >= 0.6 is 0 Å². The molecule has 25 heavy (non-hydrogen) atoms. The third-order valence-electron chi connectivity index (χ3n) is 4.73. The van der Waals surface area contributed by atoms with E-state index in [9.17, 15) is 4.79 Å². The average Bonchev–Trinajstić information content (AvgIpc) is 3.14. The van der Waals surface area contributed by atoms with Crippen molar-refractivity contribution in [3.63, 3.8) is 0 Å². The summed E-state index contributed by atoms with van der Waals surface area (Å²) in [5.41, 5.74) is 2.42. The standard InChI is InChI=1S/C20H27N3O2/c1-23(15-19-7-4-12-25-19)14-18-6-3-2-5-17(18)13-22-20(24)16-8-10-21-11-9-16/h2-7,12,16,21H,8-11,13-15H2,1H3,(H,22,24). The molecule has 134 valence electrons. The van der Waals surface area contributed by atoms with Gasteiger partial charge in [-0.2, -0.15) is 0 Å². The molecule has 2 N–H and O–H groups in total. The van der Waals surface area contributed by atoms with E-state index in [1.807, 2.05) is 24.3 Å². The van der Waals surface area contributed by atoms with E-state index in [0.29, 0.717) is 6.54 Å². The molecule has 0 aliphatic carbocycles. The second-order valence-electron chi connectivity index (χ2n) is 6.76. The quantitative estimate of drug-likeness (QED) is 0.812. The fraction of sp³-hybridized carbons (Fsp3) is 0.450. The third kappa shape index (κ3) is 5.18. The van der Waals surface area contributed by atoms with Crippen molar-refractivity contribution in [3.8, 4) is 0 Å². The van der Waals surface area contributed by atoms with Crippen LogP contribution in [0.15, 0.2) is 47.1 Å². The topological polar surface area (TPSA) is 57.5 Å². The van der Waals surface area contributed by atoms with Crippen molar-refractivity contribution in [2.75, 3.05) is 20.1 Å². The first-order valence-electron chi connectivity index (χ1n) is 8.98. The number of benzene rings is 1. The molecule has 0 spiro atoms. The summed E-state index contributed by atoms with van der Waals surface area (Å²) in [4.78, 5) is 14.6. The molecule has 2 heterocycles. The van der Waals surface area contributed by atoms with Gasteiger partial charge < -0.3 is 15.1 Å². The number of hydrogen-bond acceptors (Lipinski definition) is 4. The largest absolute Gasteiger partial charge is 0.468 e. The molecule has 1 saturated heterocycles. The van der Waals surface area contributed by atoms with Gasteiger partial charge in [-0.05, 0) is 56.2 Å². The molecule has 1 amide bonds. The molecule has 0 unspecified atom stereocenters. The second kappa shape index (κ2) is 8.83. The molecule has 2 aromatic rings. The fourth-order valence-corrected chi connectivity index (χ4v) is 3.31. The van der Waals surface area contributed by atoms with Crippen LogP contribution in [0.5, 0.6) is 0 Å². The zero-order chi connectivity index (χ0) is 17.5. The maximum absolute atomic E-state index is 12.4. The van der Waals surface area contributed by atoms with Crippen LogP contribution < -0.4 is 10.6 Å². The second-order valence-corrected chi connectivity index (χ2v) is 6.76. The van der Waals surface area contributed by atoms with E-state index in [2.05, 4.69) is 34.7 Å². The van der Waals surface area contributed by atoms with Crippen molar-refractivity contribution in [2.45, 2.75) is 32.5 Å². The van der Waals surface area contributed by atoms with Crippen LogP contribution in [-0.2, 0) is 24.4 Å². The molecular weight excluding hydrogens is 314 g/mol. The van der Waals surface area contributed by atoms with Gasteiger partial charge in [-0.1, -0.05) is 24.3 Å². The van der Waals surface area contributed by atoms with Gasteiger partial charge in [0.15, 0.2) is 0 Å². The van der Waals surface area contributed by atoms with Gasteiger partial charge in [0.25, 0.3) is 0 Å². The lowest BCUT2D eigenvalue weighted by Gasteiger charge is -2.22. The van der Waals surface area contributed by atoms with Crippen molar-refractivity contribution in [2.24, 2.45) is 5.92 Å². The van der Waals surface area contributed by atoms with Crippen molar-refractivity contribution < 1.29 is 9.21 Å². The highest BCUT2D eigenvalue weighted by atomic mass is 16.3. The van der Waals surface area contributed by atoms with Gasteiger partial charge in [0.05, 0.1) is 12.8 Å². The number of amides is 1. The van der Waals surface area contributed by atoms with E-state index in [-0.39, 0.29) is 11.8 Å². The van der Waals surface area contributed by atoms with Gasteiger partial charge in [-0.15, -0.1) is 0 Å². The van der Waals surface area contributed by atoms with Gasteiger partial charge in [0.1, 0.15) is 5.76 Å². The Morgan fingerprint density at radius 2 is 1.92 bits per heavy atom. The number of rotatable bonds is 7. The number of nitrogens with one attached hydrogen (secondary N) is 2. The molecule has 3 rings (SSSR count). The number of hydrogen-bond donors (Lipinski definition) is 2. The van der Waals surface area contributed by atoms with E-state index >= 15 is 0 Å². The lowest BCUT2D eigenvalue weighted by Crippen LogP contribution is -2.38. The predicted octanol–water partition coefficient (Wildman–Crippen LogP) is 2.53. The lowest BCUT2D eigenvalue weighted by atomic mass is 9.97. The molecule has 1 fully saturated rings. The Hall–Kier alpha value is -2.11. The van der Waals surface area contributed by atoms with Crippen molar-refractivity contribution in [1.82, 2.24) is 15.5 Å². The molecule has 1 aromatic carbocycles. The number of carbonyl (C=O) groups excluding carboxylic acids is 1. The molecule has 0 atom stereocenters. The summed E-state index contributed by atoms with van der Waals surface area (Å²) in [5.74, 6) is 1.29. The highest BCUT2D eigenvalue weighted by Gasteiger charge is 2.20. The predicted molar refractivity (Wildman–Crippen MR) is 97.8 cm³/mol. The summed E-state index contributed by atoms with van der Waals surface area (Å²) in [7, 11) is 2.08. The fourth-order valence-electron chi connectivity index (χ4n) is 3.31. The molecule has 1 aliphatic rings. The highest BCUT2D eigenvalue weighted by molar-refractivity contribution is 5.78. The van der Waals surface area contributed by atoms with Gasteiger partial charge in [-0.3, -0.25) is 9.69 Å². The van der Waals surface area contributed by atoms with Crippen LogP contribution in [-0.4, -0.2) is 30.9 Å². The van der Waals surface area contributed by atoms with Gasteiger partial charge in [0, 0.05) is 19.0 Å². The maximum Gasteiger partial charge on any atom is 0.223 e. The number of nitrogens with zero attached hydrogens (tertiary/aromatic N) is 1. The van der Waals surface area contributed by atoms with Crippen LogP contribution in [0.25, 0.3) is 0 Å². The monoisotopic (exact) mass is 341 g/mol. The lowest BCUT2D eigenvalue weighted by molar-refractivity contribution is -0.125. The SMILES string of the molecule is CN(Cc1ccco1)Cc1ccccc1CNC(=O)C1CCNCC1. The van der Waals surface area contributed by atoms with Gasteiger partial charge in [0.2, 0.25) is 5.91 Å². The van der Waals surface area contributed by atoms with Crippen LogP contribution in [0.3, 0.4) is 0 Å². The minimum absolute atomic E-state index is 0.148. The normalized spacial score (nSPS) is 15.4. The summed E-state index contributed by atoms with van der Waals surface area (Å²) in [5, 5.41) is 6.42. The molecule has 1 aliphatic heterocycles. The molecule has 1 aromatic heterocycles. The number of piperidine rings is 1. The van der Waals surface area contributed by atoms with E-state index in [1.54, 1.807) is 6.26 Å². The van der Waals surface area contributed by atoms with Crippen LogP contribution in [0.1, 0.15) is 29.7 Å². The summed E-state index contributed by atoms with van der Waals surface area (Å²) >= 11 is 0. The molecular formula is C20H27N3O2. The zero-order valence-electron chi connectivity index (χ0n) is 14.8. The molecule has 0 saturated carbocycles. The minimum Gasteiger partial charge on any atom is -0.468 e. The third-order valence-corrected chi connectivity index (χ3v) is 4.73. The highest BCUT2D eigenvalue weighted by Crippen LogP contribution is 2.15. The van der Waals surface area contributed by atoms with Gasteiger partial charge >= 0.3 is 0 Å². The Labute approximate surface area is 149 Å². The van der Waals surface area contributed by atoms with Crippen LogP contribution in [0, 0.1) is 5.92 Å². The first kappa shape index (κ1) is 17.7. The number of furan rings is 1. The Morgan fingerprint density at radius 3 is 2.64 bits per heavy atom. The average molecular weight is 341 g/mol. The molecule has 0 radical (unpaired) electrons. The van der Waals surface area contributed by atoms with Crippen molar-refractivity contribution >= 4 is 5.91 Å². The van der Waals surface area contributed by atoms with Crippen molar-refractivity contribution in [3.05, 3.63) is 59.5 Å². The Kier molecular flexibility index (Phi) is 6.25. The van der Waals surface area contributed by atoms with E-state index in [1.165, 1.54) is 11.1 Å². The van der Waals surface area contributed by atoms with Gasteiger partial charge in [-0.25, -0.2) is 0 Å². The molecule has 0 bridgehead atoms. The summed E-state index contributed by atoms with van der Waals surface area (Å²) in [6, 6.07) is 12.2.